The molecule has 1 aromatic heterocycles. The first-order chi connectivity index (χ1) is 7.20. The minimum atomic E-state index is 0.496. The van der Waals surface area contributed by atoms with Crippen molar-refractivity contribution in [2.45, 2.75) is 6.92 Å². The third kappa shape index (κ3) is 2.03. The van der Waals surface area contributed by atoms with E-state index in [-0.39, 0.29) is 0 Å². The van der Waals surface area contributed by atoms with Gasteiger partial charge in [0.2, 0.25) is 0 Å². The summed E-state index contributed by atoms with van der Waals surface area (Å²) in [5.41, 5.74) is 2.79. The molecule has 0 radical (unpaired) electrons. The second-order valence-electron chi connectivity index (χ2n) is 3.12. The van der Waals surface area contributed by atoms with Crippen molar-refractivity contribution in [2.75, 3.05) is 0 Å². The monoisotopic (exact) mass is 282 g/mol. The highest BCUT2D eigenvalue weighted by Crippen LogP contribution is 2.30. The van der Waals surface area contributed by atoms with Crippen LogP contribution < -0.4 is 0 Å². The fourth-order valence-electron chi connectivity index (χ4n) is 1.35. The van der Waals surface area contributed by atoms with E-state index < -0.39 is 0 Å². The molecule has 0 bridgehead atoms. The molecule has 0 N–H and O–H groups in total. The van der Waals surface area contributed by atoms with Crippen molar-refractivity contribution in [1.82, 2.24) is 9.97 Å². The second-order valence-corrected chi connectivity index (χ2v) is 4.33. The molecule has 0 unspecified atom stereocenters. The topological polar surface area (TPSA) is 25.8 Å². The van der Waals surface area contributed by atoms with Gasteiger partial charge in [0, 0.05) is 15.6 Å². The predicted molar refractivity (Wildman–Crippen MR) is 64.9 cm³/mol. The Morgan fingerprint density at radius 2 is 1.93 bits per heavy atom. The average Bonchev–Trinajstić information content (AvgIpc) is 2.23. The number of hydrogen-bond donors (Lipinski definition) is 0. The highest BCUT2D eigenvalue weighted by atomic mass is 79.9. The maximum atomic E-state index is 5.95. The van der Waals surface area contributed by atoms with Crippen LogP contribution in [-0.4, -0.2) is 9.97 Å². The van der Waals surface area contributed by atoms with Crippen LogP contribution in [0.1, 0.15) is 5.56 Å². The molecular formula is C11H8BrClN2. The van der Waals surface area contributed by atoms with Crippen molar-refractivity contribution in [3.05, 3.63) is 45.8 Å². The van der Waals surface area contributed by atoms with Crippen LogP contribution in [0.5, 0.6) is 0 Å². The summed E-state index contributed by atoms with van der Waals surface area (Å²) >= 11 is 9.44. The molecule has 2 nitrogen and oxygen atoms in total. The molecule has 0 fully saturated rings. The van der Waals surface area contributed by atoms with E-state index in [2.05, 4.69) is 25.9 Å². The Morgan fingerprint density at radius 1 is 1.20 bits per heavy atom. The van der Waals surface area contributed by atoms with Gasteiger partial charge in [-0.3, -0.25) is 0 Å². The van der Waals surface area contributed by atoms with Crippen LogP contribution in [0.25, 0.3) is 11.3 Å². The minimum Gasteiger partial charge on any atom is -0.236 e. The van der Waals surface area contributed by atoms with Crippen molar-refractivity contribution in [2.24, 2.45) is 0 Å². The summed E-state index contributed by atoms with van der Waals surface area (Å²) in [6, 6.07) is 7.90. The molecule has 2 rings (SSSR count). The van der Waals surface area contributed by atoms with E-state index in [0.29, 0.717) is 5.15 Å². The van der Waals surface area contributed by atoms with Gasteiger partial charge in [-0.15, -0.1) is 0 Å². The van der Waals surface area contributed by atoms with Gasteiger partial charge in [0.15, 0.2) is 0 Å². The minimum absolute atomic E-state index is 0.496. The van der Waals surface area contributed by atoms with Gasteiger partial charge in [0.05, 0.1) is 5.69 Å². The van der Waals surface area contributed by atoms with Gasteiger partial charge in [-0.2, -0.15) is 0 Å². The summed E-state index contributed by atoms with van der Waals surface area (Å²) in [4.78, 5) is 8.18. The lowest BCUT2D eigenvalue weighted by Gasteiger charge is -2.07. The molecule has 0 spiro atoms. The van der Waals surface area contributed by atoms with E-state index in [1.807, 2.05) is 31.2 Å². The summed E-state index contributed by atoms with van der Waals surface area (Å²) < 4.78 is 1.00. The molecule has 0 saturated heterocycles. The van der Waals surface area contributed by atoms with Crippen molar-refractivity contribution in [3.8, 4) is 11.3 Å². The lowest BCUT2D eigenvalue weighted by molar-refractivity contribution is 1.13. The van der Waals surface area contributed by atoms with E-state index >= 15 is 0 Å². The molecule has 0 saturated carbocycles. The fraction of sp³-hybridized carbons (Fsp3) is 0.0909. The van der Waals surface area contributed by atoms with Gasteiger partial charge < -0.3 is 0 Å². The van der Waals surface area contributed by atoms with Gasteiger partial charge in [0.1, 0.15) is 11.5 Å². The molecule has 2 aromatic rings. The maximum absolute atomic E-state index is 5.95. The lowest BCUT2D eigenvalue weighted by Crippen LogP contribution is -1.92. The lowest BCUT2D eigenvalue weighted by atomic mass is 10.1. The number of hydrogen-bond acceptors (Lipinski definition) is 2. The number of nitrogens with zero attached hydrogens (tertiary/aromatic N) is 2. The van der Waals surface area contributed by atoms with Crippen LogP contribution in [-0.2, 0) is 0 Å². The first-order valence-electron chi connectivity index (χ1n) is 4.42. The number of aromatic nitrogens is 2. The van der Waals surface area contributed by atoms with Gasteiger partial charge >= 0.3 is 0 Å². The van der Waals surface area contributed by atoms with Crippen molar-refractivity contribution < 1.29 is 0 Å². The van der Waals surface area contributed by atoms with Crippen LogP contribution in [0.15, 0.2) is 35.1 Å². The molecule has 0 amide bonds. The van der Waals surface area contributed by atoms with Crippen LogP contribution in [0.2, 0.25) is 5.15 Å². The summed E-state index contributed by atoms with van der Waals surface area (Å²) in [6.07, 6.45) is 1.48. The third-order valence-corrected chi connectivity index (χ3v) is 3.22. The second kappa shape index (κ2) is 4.29. The highest BCUT2D eigenvalue weighted by Gasteiger charge is 2.09. The van der Waals surface area contributed by atoms with Gasteiger partial charge in [0.25, 0.3) is 0 Å². The first-order valence-corrected chi connectivity index (χ1v) is 5.59. The van der Waals surface area contributed by atoms with Crippen molar-refractivity contribution in [1.29, 1.82) is 0 Å². The number of benzene rings is 1. The molecule has 0 aliphatic carbocycles. The van der Waals surface area contributed by atoms with Crippen LogP contribution in [0.4, 0.5) is 0 Å². The quantitative estimate of drug-likeness (QED) is 0.743. The largest absolute Gasteiger partial charge is 0.236 e. The van der Waals surface area contributed by atoms with E-state index in [1.165, 1.54) is 6.33 Å². The van der Waals surface area contributed by atoms with Crippen LogP contribution >= 0.6 is 27.5 Å². The Kier molecular flexibility index (Phi) is 3.03. The molecule has 1 aromatic carbocycles. The Bertz CT molecular complexity index is 500. The summed E-state index contributed by atoms with van der Waals surface area (Å²) in [5, 5.41) is 0.496. The van der Waals surface area contributed by atoms with Crippen LogP contribution in [0.3, 0.4) is 0 Å². The zero-order valence-electron chi connectivity index (χ0n) is 8.04. The van der Waals surface area contributed by atoms with Gasteiger partial charge in [-0.1, -0.05) is 45.7 Å². The molecular weight excluding hydrogens is 275 g/mol. The Morgan fingerprint density at radius 3 is 2.67 bits per heavy atom. The Hall–Kier alpha value is -0.930. The van der Waals surface area contributed by atoms with Crippen molar-refractivity contribution in [3.63, 3.8) is 0 Å². The molecule has 0 aliphatic rings. The van der Waals surface area contributed by atoms with Gasteiger partial charge in [-0.05, 0) is 13.0 Å². The Balaban J connectivity index is 2.65. The predicted octanol–water partition coefficient (Wildman–Crippen LogP) is 3.87. The molecule has 0 atom stereocenters. The molecule has 76 valence electrons. The SMILES string of the molecule is Cc1c(Cl)ncnc1-c1ccccc1Br. The van der Waals surface area contributed by atoms with E-state index in [9.17, 15) is 0 Å². The summed E-state index contributed by atoms with van der Waals surface area (Å²) in [6.45, 7) is 1.91. The van der Waals surface area contributed by atoms with E-state index in [4.69, 9.17) is 11.6 Å². The zero-order valence-corrected chi connectivity index (χ0v) is 10.4. The molecule has 1 heterocycles. The Labute approximate surface area is 101 Å². The van der Waals surface area contributed by atoms with Gasteiger partial charge in [-0.25, -0.2) is 9.97 Å². The van der Waals surface area contributed by atoms with E-state index in [0.717, 1.165) is 21.3 Å². The zero-order chi connectivity index (χ0) is 10.8. The summed E-state index contributed by atoms with van der Waals surface area (Å²) in [5.74, 6) is 0. The molecule has 0 aliphatic heterocycles. The van der Waals surface area contributed by atoms with Crippen molar-refractivity contribution >= 4 is 27.5 Å². The number of rotatable bonds is 1. The smallest absolute Gasteiger partial charge is 0.135 e. The molecule has 4 heteroatoms. The highest BCUT2D eigenvalue weighted by molar-refractivity contribution is 9.10. The first kappa shape index (κ1) is 10.6. The van der Waals surface area contributed by atoms with Crippen LogP contribution in [0, 0.1) is 6.92 Å². The standard InChI is InChI=1S/C11H8BrClN2/c1-7-10(14-6-15-11(7)13)8-4-2-3-5-9(8)12/h2-6H,1H3. The molecule has 15 heavy (non-hydrogen) atoms. The van der Waals surface area contributed by atoms with E-state index in [1.54, 1.807) is 0 Å². The number of halogens is 2. The average molecular weight is 284 g/mol. The fourth-order valence-corrected chi connectivity index (χ4v) is 1.96. The normalized spacial score (nSPS) is 10.3. The summed E-state index contributed by atoms with van der Waals surface area (Å²) in [7, 11) is 0. The maximum Gasteiger partial charge on any atom is 0.135 e. The third-order valence-electron chi connectivity index (χ3n) is 2.15.